The predicted molar refractivity (Wildman–Crippen MR) is 122 cm³/mol. The molecule has 0 unspecified atom stereocenters. The molecule has 0 bridgehead atoms. The summed E-state index contributed by atoms with van der Waals surface area (Å²) >= 11 is 0. The number of alkyl halides is 1. The van der Waals surface area contributed by atoms with Crippen LogP contribution < -0.4 is 11.2 Å². The van der Waals surface area contributed by atoms with Crippen molar-refractivity contribution < 1.29 is 60.9 Å². The van der Waals surface area contributed by atoms with Crippen molar-refractivity contribution in [2.24, 2.45) is 5.92 Å². The van der Waals surface area contributed by atoms with Crippen molar-refractivity contribution in [3.8, 4) is 0 Å². The minimum absolute atomic E-state index is 0.520. The molecule has 18 heteroatoms. The van der Waals surface area contributed by atoms with Gasteiger partial charge in [0.1, 0.15) is 6.10 Å². The van der Waals surface area contributed by atoms with Crippen molar-refractivity contribution in [2.75, 3.05) is 26.9 Å². The number of carbonyl (C=O) groups is 2. The van der Waals surface area contributed by atoms with Gasteiger partial charge in [0.25, 0.3) is 5.56 Å². The van der Waals surface area contributed by atoms with Crippen LogP contribution in [-0.2, 0) is 41.8 Å². The Bertz CT molecular complexity index is 1060. The molecule has 1 aromatic heterocycles. The van der Waals surface area contributed by atoms with Gasteiger partial charge in [0, 0.05) is 18.2 Å². The van der Waals surface area contributed by atoms with Crippen LogP contribution in [0.25, 0.3) is 0 Å². The molecule has 0 aromatic carbocycles. The van der Waals surface area contributed by atoms with Gasteiger partial charge in [-0.1, -0.05) is 0 Å². The first kappa shape index (κ1) is 31.4. The lowest BCUT2D eigenvalue weighted by atomic mass is 10.00. The summed E-state index contributed by atoms with van der Waals surface area (Å²) in [5.74, 6) is -1.26. The van der Waals surface area contributed by atoms with E-state index in [-0.39, 0.29) is 0 Å². The first-order chi connectivity index (χ1) is 17.8. The molecule has 0 saturated carbocycles. The fraction of sp³-hybridized carbons (Fsp3) is 0.700. The normalized spacial score (nSPS) is 21.5. The van der Waals surface area contributed by atoms with Gasteiger partial charge in [0.05, 0.1) is 31.6 Å². The van der Waals surface area contributed by atoms with E-state index < -0.39 is 94.8 Å². The molecule has 1 saturated heterocycles. The number of phosphoric acid groups is 1. The van der Waals surface area contributed by atoms with Crippen LogP contribution in [0.5, 0.6) is 0 Å². The number of ether oxygens (including phenoxy) is 5. The Kier molecular flexibility index (Phi) is 11.9. The molecule has 0 radical (unpaired) electrons. The summed E-state index contributed by atoms with van der Waals surface area (Å²) in [5.41, 5.74) is -1.62. The molecule has 2 N–H and O–H groups in total. The summed E-state index contributed by atoms with van der Waals surface area (Å²) in [6, 6.07) is 0.996. The highest BCUT2D eigenvalue weighted by Gasteiger charge is 2.46. The minimum Gasteiger partial charge on any atom is -0.432 e. The van der Waals surface area contributed by atoms with Crippen molar-refractivity contribution >= 4 is 20.1 Å². The number of halogens is 1. The Morgan fingerprint density at radius 2 is 1.63 bits per heavy atom. The zero-order valence-corrected chi connectivity index (χ0v) is 21.9. The third kappa shape index (κ3) is 9.49. The molecule has 38 heavy (non-hydrogen) atoms. The number of aromatic nitrogens is 2. The first-order valence-electron chi connectivity index (χ1n) is 11.3. The van der Waals surface area contributed by atoms with E-state index in [1.54, 1.807) is 27.7 Å². The van der Waals surface area contributed by atoms with Crippen molar-refractivity contribution in [1.29, 1.82) is 0 Å². The number of rotatable bonds is 13. The third-order valence-corrected chi connectivity index (χ3v) is 5.97. The number of aromatic amines is 1. The van der Waals surface area contributed by atoms with Crippen LogP contribution in [0, 0.1) is 5.92 Å². The summed E-state index contributed by atoms with van der Waals surface area (Å²) in [5, 5.41) is 10.5. The number of nitrogens with zero attached hydrogens (tertiary/aromatic N) is 1. The number of H-pyrrole nitrogens is 1. The molecule has 1 aliphatic heterocycles. The number of hydrogen-bond acceptors (Lipinski definition) is 14. The van der Waals surface area contributed by atoms with E-state index in [2.05, 4.69) is 9.47 Å². The molecule has 16 nitrogen and oxygen atoms in total. The molecular formula is C20H30FN2O14P. The zero-order chi connectivity index (χ0) is 28.5. The van der Waals surface area contributed by atoms with E-state index in [1.165, 1.54) is 0 Å². The fourth-order valence-corrected chi connectivity index (χ4v) is 3.93. The van der Waals surface area contributed by atoms with Gasteiger partial charge >= 0.3 is 25.8 Å². The highest BCUT2D eigenvalue weighted by molar-refractivity contribution is 7.48. The summed E-state index contributed by atoms with van der Waals surface area (Å²) in [6.07, 6.45) is -6.58. The first-order valence-corrected chi connectivity index (χ1v) is 12.7. The number of phosphoric ester groups is 1. The van der Waals surface area contributed by atoms with E-state index >= 15 is 0 Å². The quantitative estimate of drug-likeness (QED) is 0.196. The maximum Gasteiger partial charge on any atom is 0.510 e. The Morgan fingerprint density at radius 3 is 2.11 bits per heavy atom. The standard InChI is InChI=1S/C20H30FN2O14P/c1-11(2)35-19(27)30-9-33-38(29,34-10-31-20(28)36-12(3)4)32-8-14-13(7-21)16(25)17(37-14)23-6-5-15(24)22-18(23)26/h5-6,11-14,16-17,25H,7-10H2,1-4H3,(H,22,24,26)/t13-,14-,16-,17-/m1/s1. The van der Waals surface area contributed by atoms with Crippen LogP contribution in [0.15, 0.2) is 21.9 Å². The summed E-state index contributed by atoms with van der Waals surface area (Å²) < 4.78 is 66.8. The van der Waals surface area contributed by atoms with Crippen molar-refractivity contribution in [3.63, 3.8) is 0 Å². The highest BCUT2D eigenvalue weighted by atomic mass is 31.2. The van der Waals surface area contributed by atoms with Gasteiger partial charge < -0.3 is 28.8 Å². The van der Waals surface area contributed by atoms with Crippen molar-refractivity contribution in [1.82, 2.24) is 9.55 Å². The van der Waals surface area contributed by atoms with Crippen LogP contribution in [0.4, 0.5) is 14.0 Å². The van der Waals surface area contributed by atoms with Gasteiger partial charge in [0.15, 0.2) is 6.23 Å². The average molecular weight is 572 g/mol. The number of aliphatic hydroxyl groups is 1. The maximum atomic E-state index is 13.7. The highest BCUT2D eigenvalue weighted by Crippen LogP contribution is 2.50. The molecule has 0 amide bonds. The van der Waals surface area contributed by atoms with Gasteiger partial charge in [0.2, 0.25) is 13.6 Å². The Labute approximate surface area is 215 Å². The predicted octanol–water partition coefficient (Wildman–Crippen LogP) is 1.58. The molecule has 1 fully saturated rings. The lowest BCUT2D eigenvalue weighted by molar-refractivity contribution is -0.0681. The second kappa shape index (κ2) is 14.4. The molecule has 1 aromatic rings. The second-order valence-corrected chi connectivity index (χ2v) is 9.92. The molecule has 0 aliphatic carbocycles. The molecule has 2 rings (SSSR count). The van der Waals surface area contributed by atoms with Crippen LogP contribution in [0.2, 0.25) is 0 Å². The van der Waals surface area contributed by atoms with E-state index in [1.807, 2.05) is 4.98 Å². The van der Waals surface area contributed by atoms with Crippen LogP contribution in [0.3, 0.4) is 0 Å². The Balaban J connectivity index is 2.08. The van der Waals surface area contributed by atoms with Crippen molar-refractivity contribution in [2.45, 2.75) is 58.3 Å². The van der Waals surface area contributed by atoms with Gasteiger partial charge in [-0.05, 0) is 27.7 Å². The number of carbonyl (C=O) groups excluding carboxylic acids is 2. The van der Waals surface area contributed by atoms with E-state index in [4.69, 9.17) is 27.8 Å². The summed E-state index contributed by atoms with van der Waals surface area (Å²) in [7, 11) is -4.68. The van der Waals surface area contributed by atoms with Gasteiger partial charge in [-0.3, -0.25) is 23.3 Å². The summed E-state index contributed by atoms with van der Waals surface area (Å²) in [4.78, 5) is 48.4. The van der Waals surface area contributed by atoms with E-state index in [0.29, 0.717) is 0 Å². The molecular weight excluding hydrogens is 542 g/mol. The molecule has 1 aliphatic rings. The molecule has 216 valence electrons. The van der Waals surface area contributed by atoms with Crippen LogP contribution in [-0.4, -0.2) is 78.3 Å². The number of hydrogen-bond donors (Lipinski definition) is 2. The largest absolute Gasteiger partial charge is 0.510 e. The van der Waals surface area contributed by atoms with Gasteiger partial charge in [-0.2, -0.15) is 0 Å². The SMILES string of the molecule is CC(C)OC(=O)OCOP(=O)(OCOC(=O)OC(C)C)OC[C@H]1O[C@@H](n2ccc(=O)[nH]c2=O)[C@H](O)[C@@H]1CF. The smallest absolute Gasteiger partial charge is 0.432 e. The zero-order valence-electron chi connectivity index (χ0n) is 21.0. The molecule has 0 spiro atoms. The third-order valence-electron chi connectivity index (χ3n) is 4.66. The lowest BCUT2D eigenvalue weighted by Gasteiger charge is -2.21. The summed E-state index contributed by atoms with van der Waals surface area (Å²) in [6.45, 7) is 2.41. The molecule has 4 atom stereocenters. The second-order valence-electron chi connectivity index (χ2n) is 8.25. The fourth-order valence-electron chi connectivity index (χ4n) is 3.01. The monoisotopic (exact) mass is 572 g/mol. The molecule has 2 heterocycles. The minimum atomic E-state index is -4.68. The average Bonchev–Trinajstić information content (AvgIpc) is 3.11. The van der Waals surface area contributed by atoms with Crippen LogP contribution in [0.1, 0.15) is 33.9 Å². The number of nitrogens with one attached hydrogen (secondary N) is 1. The Hall–Kier alpha value is -2.82. The number of aliphatic hydroxyl groups excluding tert-OH is 1. The lowest BCUT2D eigenvalue weighted by Crippen LogP contribution is -2.36. The van der Waals surface area contributed by atoms with E-state index in [0.717, 1.165) is 16.8 Å². The van der Waals surface area contributed by atoms with Gasteiger partial charge in [-0.15, -0.1) is 0 Å². The Morgan fingerprint density at radius 1 is 1.08 bits per heavy atom. The van der Waals surface area contributed by atoms with Gasteiger partial charge in [-0.25, -0.2) is 28.0 Å². The van der Waals surface area contributed by atoms with Crippen molar-refractivity contribution in [3.05, 3.63) is 33.1 Å². The van der Waals surface area contributed by atoms with Crippen LogP contribution >= 0.6 is 7.82 Å². The topological polar surface area (TPSA) is 200 Å². The maximum absolute atomic E-state index is 13.7. The van der Waals surface area contributed by atoms with E-state index in [9.17, 15) is 33.2 Å².